The Bertz CT molecular complexity index is 256. The maximum atomic E-state index is 9.49. The standard InChI is InChI=1S/C18H36N2O/c1-2-4-16-5-7-17(8-6-16)15-19-11-3-12-20-13-9-18(21)10-14-20/h16-19,21H,2-15H2,1H3. The third kappa shape index (κ3) is 6.66. The number of nitrogens with zero attached hydrogens (tertiary/aromatic N) is 1. The molecular formula is C18H36N2O. The monoisotopic (exact) mass is 296 g/mol. The van der Waals surface area contributed by atoms with Crippen LogP contribution < -0.4 is 5.32 Å². The van der Waals surface area contributed by atoms with Crippen LogP contribution in [0, 0.1) is 11.8 Å². The van der Waals surface area contributed by atoms with Crippen LogP contribution in [-0.2, 0) is 0 Å². The van der Waals surface area contributed by atoms with Gasteiger partial charge in [-0.1, -0.05) is 32.6 Å². The van der Waals surface area contributed by atoms with E-state index in [0.717, 1.165) is 44.3 Å². The second kappa shape index (κ2) is 9.81. The summed E-state index contributed by atoms with van der Waals surface area (Å²) >= 11 is 0. The molecule has 0 amide bonds. The fourth-order valence-electron chi connectivity index (χ4n) is 4.01. The van der Waals surface area contributed by atoms with Crippen LogP contribution in [0.4, 0.5) is 0 Å². The predicted molar refractivity (Wildman–Crippen MR) is 89.5 cm³/mol. The van der Waals surface area contributed by atoms with Crippen LogP contribution >= 0.6 is 0 Å². The van der Waals surface area contributed by atoms with Crippen molar-refractivity contribution in [3.63, 3.8) is 0 Å². The average molecular weight is 296 g/mol. The normalized spacial score (nSPS) is 28.9. The number of hydrogen-bond donors (Lipinski definition) is 2. The Labute approximate surface area is 131 Å². The van der Waals surface area contributed by atoms with Gasteiger partial charge in [0, 0.05) is 13.1 Å². The first kappa shape index (κ1) is 17.2. The summed E-state index contributed by atoms with van der Waals surface area (Å²) < 4.78 is 0. The molecule has 2 N–H and O–H groups in total. The lowest BCUT2D eigenvalue weighted by atomic mass is 9.80. The molecule has 0 aromatic heterocycles. The van der Waals surface area contributed by atoms with Gasteiger partial charge >= 0.3 is 0 Å². The fourth-order valence-corrected chi connectivity index (χ4v) is 4.01. The predicted octanol–water partition coefficient (Wildman–Crippen LogP) is 3.03. The maximum absolute atomic E-state index is 9.49. The largest absolute Gasteiger partial charge is 0.393 e. The summed E-state index contributed by atoms with van der Waals surface area (Å²) in [6.45, 7) is 8.08. The second-order valence-electron chi connectivity index (χ2n) is 7.31. The third-order valence-corrected chi connectivity index (χ3v) is 5.48. The molecule has 0 aromatic carbocycles. The van der Waals surface area contributed by atoms with Crippen LogP contribution in [0.5, 0.6) is 0 Å². The van der Waals surface area contributed by atoms with Crippen molar-refractivity contribution in [3.05, 3.63) is 0 Å². The average Bonchev–Trinajstić information content (AvgIpc) is 2.51. The summed E-state index contributed by atoms with van der Waals surface area (Å²) in [6.07, 6.45) is 11.8. The highest BCUT2D eigenvalue weighted by atomic mass is 16.3. The zero-order chi connectivity index (χ0) is 14.9. The van der Waals surface area contributed by atoms with Crippen LogP contribution in [0.1, 0.15) is 64.7 Å². The maximum Gasteiger partial charge on any atom is 0.0564 e. The van der Waals surface area contributed by atoms with Gasteiger partial charge in [-0.3, -0.25) is 0 Å². The van der Waals surface area contributed by atoms with Crippen LogP contribution in [0.2, 0.25) is 0 Å². The molecule has 1 saturated carbocycles. The molecule has 1 aliphatic heterocycles. The minimum absolute atomic E-state index is 0.0396. The molecule has 0 spiro atoms. The summed E-state index contributed by atoms with van der Waals surface area (Å²) in [4.78, 5) is 2.50. The molecule has 0 unspecified atom stereocenters. The number of hydrogen-bond acceptors (Lipinski definition) is 3. The van der Waals surface area contributed by atoms with E-state index in [1.165, 1.54) is 58.0 Å². The first-order chi connectivity index (χ1) is 10.3. The molecule has 1 aliphatic carbocycles. The minimum Gasteiger partial charge on any atom is -0.393 e. The Balaban J connectivity index is 1.43. The number of rotatable bonds is 8. The smallest absolute Gasteiger partial charge is 0.0564 e. The van der Waals surface area contributed by atoms with Crippen molar-refractivity contribution < 1.29 is 5.11 Å². The van der Waals surface area contributed by atoms with E-state index in [-0.39, 0.29) is 6.10 Å². The molecule has 21 heavy (non-hydrogen) atoms. The Morgan fingerprint density at radius 1 is 1.00 bits per heavy atom. The van der Waals surface area contributed by atoms with Crippen molar-refractivity contribution in [1.29, 1.82) is 0 Å². The van der Waals surface area contributed by atoms with Gasteiger partial charge in [-0.2, -0.15) is 0 Å². The molecular weight excluding hydrogens is 260 g/mol. The SMILES string of the molecule is CCCC1CCC(CNCCCN2CCC(O)CC2)CC1. The van der Waals surface area contributed by atoms with Crippen molar-refractivity contribution in [3.8, 4) is 0 Å². The van der Waals surface area contributed by atoms with Crippen molar-refractivity contribution in [2.45, 2.75) is 70.8 Å². The van der Waals surface area contributed by atoms with Gasteiger partial charge < -0.3 is 15.3 Å². The number of piperidine rings is 1. The molecule has 2 fully saturated rings. The molecule has 0 atom stereocenters. The van der Waals surface area contributed by atoms with Crippen molar-refractivity contribution >= 4 is 0 Å². The third-order valence-electron chi connectivity index (χ3n) is 5.48. The van der Waals surface area contributed by atoms with Gasteiger partial charge in [0.05, 0.1) is 6.10 Å². The summed E-state index contributed by atoms with van der Waals surface area (Å²) in [5, 5.41) is 13.2. The highest BCUT2D eigenvalue weighted by Gasteiger charge is 2.20. The number of likely N-dealkylation sites (tertiary alicyclic amines) is 1. The van der Waals surface area contributed by atoms with E-state index in [0.29, 0.717) is 0 Å². The van der Waals surface area contributed by atoms with E-state index in [4.69, 9.17) is 0 Å². The highest BCUT2D eigenvalue weighted by molar-refractivity contribution is 4.74. The molecule has 1 saturated heterocycles. The minimum atomic E-state index is -0.0396. The Morgan fingerprint density at radius 2 is 1.67 bits per heavy atom. The quantitative estimate of drug-likeness (QED) is 0.676. The second-order valence-corrected chi connectivity index (χ2v) is 7.31. The number of aliphatic hydroxyl groups excluding tert-OH is 1. The molecule has 3 nitrogen and oxygen atoms in total. The van der Waals surface area contributed by atoms with E-state index in [2.05, 4.69) is 17.1 Å². The summed E-state index contributed by atoms with van der Waals surface area (Å²) in [5.41, 5.74) is 0. The van der Waals surface area contributed by atoms with E-state index < -0.39 is 0 Å². The zero-order valence-electron chi connectivity index (χ0n) is 14.0. The molecule has 3 heteroatoms. The van der Waals surface area contributed by atoms with Gasteiger partial charge in [0.15, 0.2) is 0 Å². The van der Waals surface area contributed by atoms with E-state index in [1.54, 1.807) is 0 Å². The van der Waals surface area contributed by atoms with E-state index in [9.17, 15) is 5.11 Å². The van der Waals surface area contributed by atoms with Gasteiger partial charge in [0.1, 0.15) is 0 Å². The first-order valence-corrected chi connectivity index (χ1v) is 9.39. The van der Waals surface area contributed by atoms with Crippen molar-refractivity contribution in [1.82, 2.24) is 10.2 Å². The molecule has 0 bridgehead atoms. The molecule has 1 heterocycles. The van der Waals surface area contributed by atoms with Gasteiger partial charge in [-0.25, -0.2) is 0 Å². The van der Waals surface area contributed by atoms with Gasteiger partial charge in [0.2, 0.25) is 0 Å². The van der Waals surface area contributed by atoms with Crippen LogP contribution in [0.25, 0.3) is 0 Å². The lowest BCUT2D eigenvalue weighted by Gasteiger charge is -2.30. The zero-order valence-corrected chi connectivity index (χ0v) is 14.0. The Hall–Kier alpha value is -0.120. The Kier molecular flexibility index (Phi) is 8.05. The van der Waals surface area contributed by atoms with Gasteiger partial charge in [-0.15, -0.1) is 0 Å². The number of aliphatic hydroxyl groups is 1. The van der Waals surface area contributed by atoms with Gasteiger partial charge in [0.25, 0.3) is 0 Å². The molecule has 2 aliphatic rings. The van der Waals surface area contributed by atoms with Crippen LogP contribution in [0.3, 0.4) is 0 Å². The van der Waals surface area contributed by atoms with Crippen LogP contribution in [0.15, 0.2) is 0 Å². The topological polar surface area (TPSA) is 35.5 Å². The Morgan fingerprint density at radius 3 is 2.33 bits per heavy atom. The van der Waals surface area contributed by atoms with Crippen molar-refractivity contribution in [2.75, 3.05) is 32.7 Å². The highest BCUT2D eigenvalue weighted by Crippen LogP contribution is 2.30. The first-order valence-electron chi connectivity index (χ1n) is 9.39. The lowest BCUT2D eigenvalue weighted by molar-refractivity contribution is 0.0820. The fraction of sp³-hybridized carbons (Fsp3) is 1.00. The molecule has 0 radical (unpaired) electrons. The molecule has 2 rings (SSSR count). The summed E-state index contributed by atoms with van der Waals surface area (Å²) in [6, 6.07) is 0. The summed E-state index contributed by atoms with van der Waals surface area (Å²) in [5.74, 6) is 1.96. The van der Waals surface area contributed by atoms with Crippen LogP contribution in [-0.4, -0.2) is 48.8 Å². The van der Waals surface area contributed by atoms with E-state index in [1.807, 2.05) is 0 Å². The number of nitrogens with one attached hydrogen (secondary N) is 1. The summed E-state index contributed by atoms with van der Waals surface area (Å²) in [7, 11) is 0. The van der Waals surface area contributed by atoms with Crippen molar-refractivity contribution in [2.24, 2.45) is 11.8 Å². The van der Waals surface area contributed by atoms with E-state index >= 15 is 0 Å². The van der Waals surface area contributed by atoms with Gasteiger partial charge in [-0.05, 0) is 63.6 Å². The lowest BCUT2D eigenvalue weighted by Crippen LogP contribution is -2.37. The molecule has 0 aromatic rings. The molecule has 124 valence electrons.